The largest absolute Gasteiger partial charge is 0.441 e. The average Bonchev–Trinajstić information content (AvgIpc) is 3.17. The average molecular weight is 414 g/mol. The molecule has 0 bridgehead atoms. The number of imide groups is 2. The highest BCUT2D eigenvalue weighted by atomic mass is 35.5. The van der Waals surface area contributed by atoms with Gasteiger partial charge in [0, 0.05) is 24.2 Å². The second-order valence-corrected chi connectivity index (χ2v) is 7.52. The van der Waals surface area contributed by atoms with Crippen LogP contribution in [0.4, 0.5) is 16.4 Å². The molecule has 0 aliphatic carbocycles. The Hall–Kier alpha value is -3.06. The fraction of sp³-hybridized carbons (Fsp3) is 0.286. The van der Waals surface area contributed by atoms with Crippen molar-refractivity contribution in [3.63, 3.8) is 0 Å². The van der Waals surface area contributed by atoms with E-state index in [2.05, 4.69) is 10.2 Å². The van der Waals surface area contributed by atoms with Gasteiger partial charge in [0.25, 0.3) is 11.8 Å². The predicted molar refractivity (Wildman–Crippen MR) is 110 cm³/mol. The molecule has 3 heterocycles. The van der Waals surface area contributed by atoms with Crippen LogP contribution in [0.15, 0.2) is 40.3 Å². The lowest BCUT2D eigenvalue weighted by Crippen LogP contribution is -2.54. The number of rotatable bonds is 3. The van der Waals surface area contributed by atoms with Crippen LogP contribution < -0.4 is 15.1 Å². The van der Waals surface area contributed by atoms with Crippen LogP contribution in [-0.2, 0) is 9.59 Å². The molecule has 8 heteroatoms. The molecule has 2 aromatic rings. The maximum atomic E-state index is 12.9. The van der Waals surface area contributed by atoms with Crippen molar-refractivity contribution in [2.24, 2.45) is 0 Å². The number of hydrogen-bond donors (Lipinski definition) is 1. The number of hydrogen-bond acceptors (Lipinski definition) is 5. The number of carbonyl (C=O) groups is 3. The van der Waals surface area contributed by atoms with Crippen LogP contribution in [0.25, 0.3) is 6.08 Å². The lowest BCUT2D eigenvalue weighted by atomic mass is 10.1. The Morgan fingerprint density at radius 1 is 1.07 bits per heavy atom. The minimum absolute atomic E-state index is 0.180. The molecule has 0 unspecified atom stereocenters. The number of aryl methyl sites for hydroxylation is 1. The second-order valence-electron chi connectivity index (χ2n) is 7.12. The van der Waals surface area contributed by atoms with Crippen molar-refractivity contribution in [2.75, 3.05) is 22.9 Å². The third-order valence-electron chi connectivity index (χ3n) is 5.08. The normalized spacial score (nSPS) is 19.1. The molecule has 150 valence electrons. The molecule has 0 saturated carbocycles. The van der Waals surface area contributed by atoms with E-state index in [1.807, 2.05) is 13.0 Å². The van der Waals surface area contributed by atoms with E-state index in [9.17, 15) is 14.4 Å². The van der Waals surface area contributed by atoms with E-state index in [1.54, 1.807) is 18.2 Å². The fourth-order valence-electron chi connectivity index (χ4n) is 3.46. The summed E-state index contributed by atoms with van der Waals surface area (Å²) < 4.78 is 5.82. The minimum atomic E-state index is -0.814. The molecular formula is C21H20ClN3O4. The topological polar surface area (TPSA) is 82.9 Å². The zero-order valence-corrected chi connectivity index (χ0v) is 16.7. The molecule has 4 amide bonds. The molecule has 1 aromatic heterocycles. The first-order valence-corrected chi connectivity index (χ1v) is 9.84. The Balaban J connectivity index is 1.63. The third kappa shape index (κ3) is 3.78. The SMILES string of the molecule is Cc1ccc(N2C(=O)NC(=O)C(=Cc3ccc(N4CCCCC4)o3)C2=O)cc1Cl. The predicted octanol–water partition coefficient (Wildman–Crippen LogP) is 3.90. The number of carbonyl (C=O) groups excluding carboxylic acids is 3. The lowest BCUT2D eigenvalue weighted by molar-refractivity contribution is -0.122. The first-order valence-electron chi connectivity index (χ1n) is 9.46. The van der Waals surface area contributed by atoms with Crippen LogP contribution in [0.1, 0.15) is 30.6 Å². The van der Waals surface area contributed by atoms with Gasteiger partial charge in [-0.15, -0.1) is 0 Å². The van der Waals surface area contributed by atoms with E-state index in [0.717, 1.165) is 36.4 Å². The Morgan fingerprint density at radius 2 is 1.83 bits per heavy atom. The summed E-state index contributed by atoms with van der Waals surface area (Å²) in [6, 6.07) is 7.55. The summed E-state index contributed by atoms with van der Waals surface area (Å²) in [6.45, 7) is 3.65. The number of amides is 4. The first-order chi connectivity index (χ1) is 13.9. The number of benzene rings is 1. The van der Waals surface area contributed by atoms with Gasteiger partial charge in [-0.25, -0.2) is 9.69 Å². The number of anilines is 2. The van der Waals surface area contributed by atoms with Crippen molar-refractivity contribution in [3.8, 4) is 0 Å². The van der Waals surface area contributed by atoms with Crippen LogP contribution in [0.5, 0.6) is 0 Å². The summed E-state index contributed by atoms with van der Waals surface area (Å²) in [4.78, 5) is 40.6. The maximum absolute atomic E-state index is 12.9. The molecule has 2 saturated heterocycles. The molecule has 1 N–H and O–H groups in total. The van der Waals surface area contributed by atoms with E-state index in [4.69, 9.17) is 16.0 Å². The van der Waals surface area contributed by atoms with Gasteiger partial charge in [-0.1, -0.05) is 17.7 Å². The van der Waals surface area contributed by atoms with E-state index < -0.39 is 17.8 Å². The van der Waals surface area contributed by atoms with Gasteiger partial charge in [-0.3, -0.25) is 14.9 Å². The highest BCUT2D eigenvalue weighted by Gasteiger charge is 2.37. The number of halogens is 1. The van der Waals surface area contributed by atoms with Gasteiger partial charge in [-0.05, 0) is 56.0 Å². The van der Waals surface area contributed by atoms with E-state index in [0.29, 0.717) is 16.7 Å². The smallest absolute Gasteiger partial charge is 0.335 e. The molecule has 2 fully saturated rings. The molecule has 0 spiro atoms. The summed E-state index contributed by atoms with van der Waals surface area (Å²) in [5, 5.41) is 2.62. The molecule has 2 aliphatic heterocycles. The third-order valence-corrected chi connectivity index (χ3v) is 5.49. The van der Waals surface area contributed by atoms with E-state index in [-0.39, 0.29) is 11.3 Å². The van der Waals surface area contributed by atoms with Crippen molar-refractivity contribution in [2.45, 2.75) is 26.2 Å². The van der Waals surface area contributed by atoms with Crippen LogP contribution in [0.3, 0.4) is 0 Å². The van der Waals surface area contributed by atoms with Gasteiger partial charge in [0.1, 0.15) is 11.3 Å². The van der Waals surface area contributed by atoms with Crippen LogP contribution in [0, 0.1) is 6.92 Å². The summed E-state index contributed by atoms with van der Waals surface area (Å²) in [7, 11) is 0. The van der Waals surface area contributed by atoms with Gasteiger partial charge in [-0.2, -0.15) is 0 Å². The van der Waals surface area contributed by atoms with Crippen molar-refractivity contribution in [3.05, 3.63) is 52.3 Å². The number of barbiturate groups is 1. The molecule has 4 rings (SSSR count). The standard InChI is InChI=1S/C21H20ClN3O4/c1-13-5-6-14(11-17(13)22)25-20(27)16(19(26)23-21(25)28)12-15-7-8-18(29-15)24-9-3-2-4-10-24/h5-8,11-12H,2-4,9-10H2,1H3,(H,23,26,28). The van der Waals surface area contributed by atoms with Gasteiger partial charge in [0.05, 0.1) is 5.69 Å². The number of furan rings is 1. The highest BCUT2D eigenvalue weighted by molar-refractivity contribution is 6.39. The molecule has 2 aliphatic rings. The molecule has 0 atom stereocenters. The van der Waals surface area contributed by atoms with Crippen LogP contribution in [-0.4, -0.2) is 30.9 Å². The maximum Gasteiger partial charge on any atom is 0.335 e. The monoisotopic (exact) mass is 413 g/mol. The van der Waals surface area contributed by atoms with Gasteiger partial charge in [0.15, 0.2) is 5.88 Å². The van der Waals surface area contributed by atoms with Gasteiger partial charge in [0.2, 0.25) is 0 Å². The zero-order valence-electron chi connectivity index (χ0n) is 15.9. The Labute approximate surface area is 172 Å². The van der Waals surface area contributed by atoms with Gasteiger partial charge < -0.3 is 9.32 Å². The Bertz CT molecular complexity index is 1020. The fourth-order valence-corrected chi connectivity index (χ4v) is 3.63. The number of urea groups is 1. The molecule has 7 nitrogen and oxygen atoms in total. The molecular weight excluding hydrogens is 394 g/mol. The number of nitrogens with one attached hydrogen (secondary N) is 1. The van der Waals surface area contributed by atoms with Crippen LogP contribution >= 0.6 is 11.6 Å². The Kier molecular flexibility index (Phi) is 5.15. The van der Waals surface area contributed by atoms with Crippen molar-refractivity contribution in [1.29, 1.82) is 0 Å². The quantitative estimate of drug-likeness (QED) is 0.609. The van der Waals surface area contributed by atoms with Crippen molar-refractivity contribution in [1.82, 2.24) is 5.32 Å². The first kappa shape index (κ1) is 19.3. The molecule has 0 radical (unpaired) electrons. The summed E-state index contributed by atoms with van der Waals surface area (Å²) in [6.07, 6.45) is 4.78. The number of piperidine rings is 1. The van der Waals surface area contributed by atoms with Gasteiger partial charge >= 0.3 is 6.03 Å². The summed E-state index contributed by atoms with van der Waals surface area (Å²) >= 11 is 6.13. The van der Waals surface area contributed by atoms with Crippen molar-refractivity contribution >= 4 is 47.1 Å². The van der Waals surface area contributed by atoms with Crippen LogP contribution in [0.2, 0.25) is 5.02 Å². The summed E-state index contributed by atoms with van der Waals surface area (Å²) in [5.41, 5.74) is 0.920. The lowest BCUT2D eigenvalue weighted by Gasteiger charge is -2.26. The minimum Gasteiger partial charge on any atom is -0.441 e. The zero-order chi connectivity index (χ0) is 20.5. The second kappa shape index (κ2) is 7.75. The van der Waals surface area contributed by atoms with E-state index >= 15 is 0 Å². The summed E-state index contributed by atoms with van der Waals surface area (Å²) in [5.74, 6) is -0.404. The van der Waals surface area contributed by atoms with Crippen molar-refractivity contribution < 1.29 is 18.8 Å². The highest BCUT2D eigenvalue weighted by Crippen LogP contribution is 2.28. The Morgan fingerprint density at radius 3 is 2.55 bits per heavy atom. The van der Waals surface area contributed by atoms with E-state index in [1.165, 1.54) is 18.6 Å². The molecule has 1 aromatic carbocycles. The number of nitrogens with zero attached hydrogens (tertiary/aromatic N) is 2. The molecule has 29 heavy (non-hydrogen) atoms.